The van der Waals surface area contributed by atoms with Crippen molar-refractivity contribution in [1.82, 2.24) is 9.88 Å². The molecule has 2 rings (SSSR count). The smallest absolute Gasteiger partial charge is 0.374 e. The van der Waals surface area contributed by atoms with Crippen LogP contribution in [0, 0.1) is 12.8 Å². The molecule has 0 aliphatic carbocycles. The highest BCUT2D eigenvalue weighted by molar-refractivity contribution is 7.09. The zero-order chi connectivity index (χ0) is 17.3. The number of halogens is 3. The number of thiazole rings is 1. The highest BCUT2D eigenvalue weighted by Crippen LogP contribution is 2.43. The van der Waals surface area contributed by atoms with Gasteiger partial charge in [-0.25, -0.2) is 4.98 Å². The Balaban J connectivity index is 2.19. The van der Waals surface area contributed by atoms with Crippen LogP contribution in [-0.2, 0) is 10.4 Å². The number of hydrogen-bond donors (Lipinski definition) is 1. The Bertz CT molecular complexity index is 561. The first-order chi connectivity index (χ1) is 10.6. The molecule has 0 radical (unpaired) electrons. The maximum absolute atomic E-state index is 13.4. The Kier molecular flexibility index (Phi) is 5.35. The number of carbonyl (C=O) groups excluding carboxylic acids is 1. The fraction of sp³-hybridized carbons (Fsp3) is 0.733. The van der Waals surface area contributed by atoms with E-state index in [4.69, 9.17) is 0 Å². The minimum absolute atomic E-state index is 0.392. The number of alkyl halides is 3. The van der Waals surface area contributed by atoms with Gasteiger partial charge in [0.1, 0.15) is 5.01 Å². The molecule has 0 bridgehead atoms. The van der Waals surface area contributed by atoms with E-state index in [1.165, 1.54) is 10.3 Å². The standard InChI is InChI=1S/C15H21F3N2O2S/c1-10-4-3-6-20(7-5-10)12(21)8-14(22,15(16,17)18)13-19-11(2)9-23-13/h9-10,22H,3-8H2,1-2H3/t10-,14-/m0/s1. The van der Waals surface area contributed by atoms with Gasteiger partial charge in [-0.2, -0.15) is 13.2 Å². The number of carbonyl (C=O) groups is 1. The summed E-state index contributed by atoms with van der Waals surface area (Å²) in [7, 11) is 0. The average Bonchev–Trinajstić information content (AvgIpc) is 2.76. The van der Waals surface area contributed by atoms with Gasteiger partial charge in [0, 0.05) is 24.2 Å². The number of nitrogens with zero attached hydrogens (tertiary/aromatic N) is 2. The molecule has 1 saturated heterocycles. The van der Waals surface area contributed by atoms with Crippen molar-refractivity contribution in [3.05, 3.63) is 16.1 Å². The summed E-state index contributed by atoms with van der Waals surface area (Å²) in [5, 5.41) is 11.2. The second kappa shape index (κ2) is 6.76. The van der Waals surface area contributed by atoms with Crippen molar-refractivity contribution in [1.29, 1.82) is 0 Å². The monoisotopic (exact) mass is 350 g/mol. The maximum Gasteiger partial charge on any atom is 0.424 e. The summed E-state index contributed by atoms with van der Waals surface area (Å²) in [6.07, 6.45) is -3.47. The van der Waals surface area contributed by atoms with Crippen molar-refractivity contribution >= 4 is 17.2 Å². The van der Waals surface area contributed by atoms with E-state index in [-0.39, 0.29) is 0 Å². The van der Waals surface area contributed by atoms with Crippen LogP contribution < -0.4 is 0 Å². The summed E-state index contributed by atoms with van der Waals surface area (Å²) in [5.41, 5.74) is -2.83. The molecule has 1 aromatic heterocycles. The van der Waals surface area contributed by atoms with Gasteiger partial charge in [0.25, 0.3) is 0 Å². The first-order valence-corrected chi connectivity index (χ1v) is 8.51. The molecule has 0 unspecified atom stereocenters. The van der Waals surface area contributed by atoms with E-state index in [2.05, 4.69) is 11.9 Å². The fourth-order valence-electron chi connectivity index (χ4n) is 2.68. The molecule has 1 amide bonds. The van der Waals surface area contributed by atoms with Crippen LogP contribution in [0.3, 0.4) is 0 Å². The van der Waals surface area contributed by atoms with Crippen molar-refractivity contribution in [3.63, 3.8) is 0 Å². The fourth-order valence-corrected chi connectivity index (χ4v) is 3.60. The van der Waals surface area contributed by atoms with Crippen LogP contribution in [0.15, 0.2) is 5.38 Å². The molecule has 1 aliphatic rings. The number of amides is 1. The summed E-state index contributed by atoms with van der Waals surface area (Å²) in [6, 6.07) is 0. The van der Waals surface area contributed by atoms with Crippen LogP contribution >= 0.6 is 11.3 Å². The minimum Gasteiger partial charge on any atom is -0.374 e. The van der Waals surface area contributed by atoms with Crippen LogP contribution in [-0.4, -0.2) is 40.2 Å². The third-order valence-electron chi connectivity index (χ3n) is 4.22. The van der Waals surface area contributed by atoms with E-state index in [1.807, 2.05) is 0 Å². The topological polar surface area (TPSA) is 53.4 Å². The van der Waals surface area contributed by atoms with Crippen molar-refractivity contribution < 1.29 is 23.1 Å². The van der Waals surface area contributed by atoms with Gasteiger partial charge < -0.3 is 10.0 Å². The molecule has 1 aliphatic heterocycles. The van der Waals surface area contributed by atoms with Crippen molar-refractivity contribution in [2.45, 2.75) is 51.3 Å². The Morgan fingerprint density at radius 2 is 2.13 bits per heavy atom. The van der Waals surface area contributed by atoms with Gasteiger partial charge in [-0.15, -0.1) is 11.3 Å². The van der Waals surface area contributed by atoms with Gasteiger partial charge in [-0.05, 0) is 32.1 Å². The van der Waals surface area contributed by atoms with Gasteiger partial charge in [0.2, 0.25) is 11.5 Å². The molecular weight excluding hydrogens is 329 g/mol. The highest BCUT2D eigenvalue weighted by Gasteiger charge is 2.58. The average molecular weight is 350 g/mol. The quantitative estimate of drug-likeness (QED) is 0.910. The first-order valence-electron chi connectivity index (χ1n) is 7.63. The lowest BCUT2D eigenvalue weighted by Crippen LogP contribution is -2.47. The molecule has 1 fully saturated rings. The molecule has 2 heterocycles. The first kappa shape index (κ1) is 18.2. The lowest BCUT2D eigenvalue weighted by molar-refractivity contribution is -0.268. The van der Waals surface area contributed by atoms with Crippen LogP contribution in [0.1, 0.15) is 43.3 Å². The molecule has 8 heteroatoms. The van der Waals surface area contributed by atoms with E-state index >= 15 is 0 Å². The molecule has 1 N–H and O–H groups in total. The molecule has 130 valence electrons. The predicted molar refractivity (Wildman–Crippen MR) is 81.0 cm³/mol. The molecule has 0 aromatic carbocycles. The molecule has 4 nitrogen and oxygen atoms in total. The van der Waals surface area contributed by atoms with Crippen LogP contribution in [0.2, 0.25) is 0 Å². The Hall–Kier alpha value is -1.15. The summed E-state index contributed by atoms with van der Waals surface area (Å²) in [6.45, 7) is 4.49. The number of hydrogen-bond acceptors (Lipinski definition) is 4. The SMILES string of the molecule is Cc1csc([C@@](O)(CC(=O)N2CCC[C@H](C)CC2)C(F)(F)F)n1. The Labute approximate surface area is 137 Å². The van der Waals surface area contributed by atoms with Gasteiger partial charge in [0.05, 0.1) is 6.42 Å². The Morgan fingerprint density at radius 3 is 2.70 bits per heavy atom. The third-order valence-corrected chi connectivity index (χ3v) is 5.33. The normalized spacial score (nSPS) is 22.5. The van der Waals surface area contributed by atoms with E-state index in [9.17, 15) is 23.1 Å². The molecule has 23 heavy (non-hydrogen) atoms. The molecule has 2 atom stereocenters. The van der Waals surface area contributed by atoms with Gasteiger partial charge >= 0.3 is 6.18 Å². The van der Waals surface area contributed by atoms with Crippen LogP contribution in [0.25, 0.3) is 0 Å². The predicted octanol–water partition coefficient (Wildman–Crippen LogP) is 3.24. The highest BCUT2D eigenvalue weighted by atomic mass is 32.1. The summed E-state index contributed by atoms with van der Waals surface area (Å²) >= 11 is 0.725. The molecule has 1 aromatic rings. The largest absolute Gasteiger partial charge is 0.424 e. The van der Waals surface area contributed by atoms with Gasteiger partial charge in [-0.1, -0.05) is 6.92 Å². The molecule has 0 spiro atoms. The van der Waals surface area contributed by atoms with Crippen molar-refractivity contribution in [2.24, 2.45) is 5.92 Å². The van der Waals surface area contributed by atoms with Crippen LogP contribution in [0.4, 0.5) is 13.2 Å². The number of rotatable bonds is 3. The molecule has 0 saturated carbocycles. The number of aryl methyl sites for hydroxylation is 1. The molecular formula is C15H21F3N2O2S. The van der Waals surface area contributed by atoms with Gasteiger partial charge in [0.15, 0.2) is 0 Å². The van der Waals surface area contributed by atoms with Gasteiger partial charge in [-0.3, -0.25) is 4.79 Å². The third kappa shape index (κ3) is 4.03. The number of aliphatic hydroxyl groups is 1. The van der Waals surface area contributed by atoms with E-state index in [0.717, 1.165) is 30.6 Å². The maximum atomic E-state index is 13.4. The summed E-state index contributed by atoms with van der Waals surface area (Å²) < 4.78 is 40.2. The zero-order valence-corrected chi connectivity index (χ0v) is 14.0. The lowest BCUT2D eigenvalue weighted by Gasteiger charge is -2.30. The van der Waals surface area contributed by atoms with E-state index in [0.29, 0.717) is 24.7 Å². The van der Waals surface area contributed by atoms with Crippen molar-refractivity contribution in [3.8, 4) is 0 Å². The Morgan fingerprint density at radius 1 is 1.43 bits per heavy atom. The number of likely N-dealkylation sites (tertiary alicyclic amines) is 1. The zero-order valence-electron chi connectivity index (χ0n) is 13.2. The van der Waals surface area contributed by atoms with E-state index in [1.54, 1.807) is 6.92 Å². The second-order valence-corrected chi connectivity index (χ2v) is 7.10. The summed E-state index contributed by atoms with van der Waals surface area (Å²) in [5.74, 6) is -0.220. The summed E-state index contributed by atoms with van der Waals surface area (Å²) in [4.78, 5) is 17.5. The second-order valence-electron chi connectivity index (χ2n) is 6.25. The minimum atomic E-state index is -4.95. The van der Waals surface area contributed by atoms with E-state index < -0.39 is 29.1 Å². The van der Waals surface area contributed by atoms with Crippen molar-refractivity contribution in [2.75, 3.05) is 13.1 Å². The lowest BCUT2D eigenvalue weighted by atomic mass is 9.98. The van der Waals surface area contributed by atoms with Crippen LogP contribution in [0.5, 0.6) is 0 Å². The number of aromatic nitrogens is 1.